The molecule has 0 spiro atoms. The van der Waals surface area contributed by atoms with Crippen molar-refractivity contribution in [1.82, 2.24) is 9.97 Å². The highest BCUT2D eigenvalue weighted by atomic mass is 16.2. The second-order valence-corrected chi connectivity index (χ2v) is 2.76. The van der Waals surface area contributed by atoms with Gasteiger partial charge in [-0.15, -0.1) is 0 Å². The van der Waals surface area contributed by atoms with E-state index in [1.807, 2.05) is 18.2 Å². The number of rotatable bonds is 1. The molecule has 2 aromatic rings. The van der Waals surface area contributed by atoms with Crippen LogP contribution in [0.2, 0.25) is 0 Å². The molecule has 0 fully saturated rings. The number of nitrogens with one attached hydrogen (secondary N) is 1. The van der Waals surface area contributed by atoms with E-state index >= 15 is 0 Å². The number of primary amides is 1. The maximum Gasteiger partial charge on any atom is 0.316 e. The van der Waals surface area contributed by atoms with Crippen LogP contribution in [0.4, 0.5) is 10.5 Å². The van der Waals surface area contributed by atoms with Crippen LogP contribution in [0.3, 0.4) is 0 Å². The molecule has 0 aliphatic rings. The summed E-state index contributed by atoms with van der Waals surface area (Å²) < 4.78 is 0. The van der Waals surface area contributed by atoms with Gasteiger partial charge in [0.05, 0.1) is 0 Å². The summed E-state index contributed by atoms with van der Waals surface area (Å²) in [6, 6.07) is 10.3. The second kappa shape index (κ2) is 8.81. The van der Waals surface area contributed by atoms with Crippen molar-refractivity contribution in [1.29, 1.82) is 0 Å². The first-order valence-electron chi connectivity index (χ1n) is 4.60. The number of carbonyl (C=O) groups excluding carboxylic acids is 1. The molecule has 0 bridgehead atoms. The normalized spacial score (nSPS) is 8.00. The molecule has 17 heavy (non-hydrogen) atoms. The van der Waals surface area contributed by atoms with Crippen molar-refractivity contribution < 1.29 is 10.3 Å². The fraction of sp³-hybridized carbons (Fsp3) is 0. The number of para-hydroxylation sites is 1. The molecule has 0 unspecified atom stereocenters. The Kier molecular flexibility index (Phi) is 7.53. The Balaban J connectivity index is 0.000000316. The number of amides is 2. The number of urea groups is 1. The highest BCUT2D eigenvalue weighted by Crippen LogP contribution is 2.03. The quantitative estimate of drug-likeness (QED) is 0.761. The zero-order valence-corrected chi connectivity index (χ0v) is 9.08. The third-order valence-electron chi connectivity index (χ3n) is 1.52. The largest absolute Gasteiger partial charge is 0.412 e. The second-order valence-electron chi connectivity index (χ2n) is 2.76. The molecular formula is C11H14N4O2. The molecule has 6 nitrogen and oxygen atoms in total. The third-order valence-corrected chi connectivity index (χ3v) is 1.52. The number of hydrogen-bond acceptors (Lipinski definition) is 3. The standard InChI is InChI=1S/C7H8N2O.C4H4N2.H2O/c8-7(10)9-6-4-2-1-3-5-6;1-2-5-4-6-3-1;/h1-5H,(H3,8,9,10);1-4H;1H2. The highest BCUT2D eigenvalue weighted by molar-refractivity contribution is 5.87. The van der Waals surface area contributed by atoms with E-state index in [0.29, 0.717) is 0 Å². The van der Waals surface area contributed by atoms with Crippen LogP contribution in [0, 0.1) is 0 Å². The molecule has 1 heterocycles. The molecule has 2 rings (SSSR count). The Morgan fingerprint density at radius 2 is 1.65 bits per heavy atom. The van der Waals surface area contributed by atoms with E-state index in [9.17, 15) is 4.79 Å². The minimum absolute atomic E-state index is 0. The summed E-state index contributed by atoms with van der Waals surface area (Å²) in [6.45, 7) is 0. The van der Waals surface area contributed by atoms with Gasteiger partial charge in [0, 0.05) is 18.1 Å². The Morgan fingerprint density at radius 3 is 2.00 bits per heavy atom. The molecular weight excluding hydrogens is 220 g/mol. The maximum absolute atomic E-state index is 10.3. The summed E-state index contributed by atoms with van der Waals surface area (Å²) in [5, 5.41) is 2.44. The molecule has 0 radical (unpaired) electrons. The van der Waals surface area contributed by atoms with Gasteiger partial charge in [0.25, 0.3) is 0 Å². The summed E-state index contributed by atoms with van der Waals surface area (Å²) in [4.78, 5) is 17.6. The topological polar surface area (TPSA) is 112 Å². The average Bonchev–Trinajstić information content (AvgIpc) is 2.32. The van der Waals surface area contributed by atoms with Gasteiger partial charge >= 0.3 is 6.03 Å². The Bertz CT molecular complexity index is 382. The first-order chi connectivity index (χ1) is 7.79. The molecule has 5 N–H and O–H groups in total. The van der Waals surface area contributed by atoms with Crippen molar-refractivity contribution in [3.63, 3.8) is 0 Å². The molecule has 2 amide bonds. The lowest BCUT2D eigenvalue weighted by Crippen LogP contribution is -2.18. The number of nitrogens with zero attached hydrogens (tertiary/aromatic N) is 2. The van der Waals surface area contributed by atoms with Crippen LogP contribution in [-0.2, 0) is 0 Å². The SMILES string of the molecule is NC(=O)Nc1ccccc1.O.c1cncnc1. The molecule has 0 atom stereocenters. The molecule has 6 heteroatoms. The van der Waals surface area contributed by atoms with Crippen LogP contribution < -0.4 is 11.1 Å². The van der Waals surface area contributed by atoms with Gasteiger partial charge in [-0.05, 0) is 18.2 Å². The zero-order valence-electron chi connectivity index (χ0n) is 9.08. The number of nitrogens with two attached hydrogens (primary N) is 1. The summed E-state index contributed by atoms with van der Waals surface area (Å²) >= 11 is 0. The third kappa shape index (κ3) is 7.46. The maximum atomic E-state index is 10.3. The smallest absolute Gasteiger partial charge is 0.316 e. The molecule has 1 aromatic carbocycles. The molecule has 90 valence electrons. The number of anilines is 1. The Morgan fingerprint density at radius 1 is 1.06 bits per heavy atom. The molecule has 1 aromatic heterocycles. The van der Waals surface area contributed by atoms with Gasteiger partial charge in [-0.2, -0.15) is 0 Å². The van der Waals surface area contributed by atoms with Gasteiger partial charge in [-0.3, -0.25) is 0 Å². The van der Waals surface area contributed by atoms with Gasteiger partial charge in [0.2, 0.25) is 0 Å². The lowest BCUT2D eigenvalue weighted by atomic mass is 10.3. The fourth-order valence-electron chi connectivity index (χ4n) is 0.917. The minimum Gasteiger partial charge on any atom is -0.412 e. The summed E-state index contributed by atoms with van der Waals surface area (Å²) in [5.74, 6) is 0. The van der Waals surface area contributed by atoms with E-state index in [2.05, 4.69) is 15.3 Å². The first-order valence-corrected chi connectivity index (χ1v) is 4.60. The number of aromatic nitrogens is 2. The zero-order chi connectivity index (χ0) is 11.6. The van der Waals surface area contributed by atoms with E-state index in [-0.39, 0.29) is 5.48 Å². The summed E-state index contributed by atoms with van der Waals surface area (Å²) in [5.41, 5.74) is 5.59. The van der Waals surface area contributed by atoms with Crippen LogP contribution >= 0.6 is 0 Å². The number of carbonyl (C=O) groups is 1. The van der Waals surface area contributed by atoms with Crippen LogP contribution in [0.25, 0.3) is 0 Å². The fourth-order valence-corrected chi connectivity index (χ4v) is 0.917. The van der Waals surface area contributed by atoms with Crippen molar-refractivity contribution in [2.24, 2.45) is 5.73 Å². The van der Waals surface area contributed by atoms with Crippen LogP contribution in [0.5, 0.6) is 0 Å². The van der Waals surface area contributed by atoms with E-state index < -0.39 is 6.03 Å². The van der Waals surface area contributed by atoms with Crippen LogP contribution in [0.1, 0.15) is 0 Å². The Hall–Kier alpha value is -2.47. The van der Waals surface area contributed by atoms with Crippen LogP contribution in [-0.4, -0.2) is 21.5 Å². The molecule has 0 aliphatic carbocycles. The van der Waals surface area contributed by atoms with Gasteiger partial charge < -0.3 is 16.5 Å². The average molecular weight is 234 g/mol. The van der Waals surface area contributed by atoms with Gasteiger partial charge in [0.15, 0.2) is 0 Å². The number of benzene rings is 1. The number of hydrogen-bond donors (Lipinski definition) is 2. The summed E-state index contributed by atoms with van der Waals surface area (Å²) in [6.07, 6.45) is 4.88. The first kappa shape index (κ1) is 14.5. The van der Waals surface area contributed by atoms with Crippen molar-refractivity contribution >= 4 is 11.7 Å². The predicted molar refractivity (Wildman–Crippen MR) is 65.3 cm³/mol. The lowest BCUT2D eigenvalue weighted by Gasteiger charge is -1.97. The van der Waals surface area contributed by atoms with Crippen LogP contribution in [0.15, 0.2) is 55.1 Å². The van der Waals surface area contributed by atoms with Gasteiger partial charge in [-0.25, -0.2) is 14.8 Å². The van der Waals surface area contributed by atoms with Crippen molar-refractivity contribution in [3.8, 4) is 0 Å². The molecule has 0 saturated heterocycles. The van der Waals surface area contributed by atoms with E-state index in [1.54, 1.807) is 30.6 Å². The Labute approximate surface area is 98.8 Å². The van der Waals surface area contributed by atoms with E-state index in [0.717, 1.165) is 5.69 Å². The monoisotopic (exact) mass is 234 g/mol. The van der Waals surface area contributed by atoms with Crippen molar-refractivity contribution in [2.45, 2.75) is 0 Å². The van der Waals surface area contributed by atoms with Gasteiger partial charge in [0.1, 0.15) is 6.33 Å². The summed E-state index contributed by atoms with van der Waals surface area (Å²) in [7, 11) is 0. The minimum atomic E-state index is -0.536. The predicted octanol–water partition coefficient (Wildman–Crippen LogP) is 0.829. The van der Waals surface area contributed by atoms with Crippen molar-refractivity contribution in [2.75, 3.05) is 5.32 Å². The van der Waals surface area contributed by atoms with E-state index in [1.165, 1.54) is 6.33 Å². The molecule has 0 aliphatic heterocycles. The van der Waals surface area contributed by atoms with Gasteiger partial charge in [-0.1, -0.05) is 18.2 Å². The van der Waals surface area contributed by atoms with E-state index in [4.69, 9.17) is 5.73 Å². The highest BCUT2D eigenvalue weighted by Gasteiger charge is 1.90. The van der Waals surface area contributed by atoms with Crippen molar-refractivity contribution in [3.05, 3.63) is 55.1 Å². The molecule has 0 saturated carbocycles. The lowest BCUT2D eigenvalue weighted by molar-refractivity contribution is 0.259.